The van der Waals surface area contributed by atoms with Crippen molar-refractivity contribution in [3.8, 4) is 0 Å². The van der Waals surface area contributed by atoms with Crippen molar-refractivity contribution in [1.29, 1.82) is 0 Å². The number of carbonyl (C=O) groups excluding carboxylic acids is 1. The van der Waals surface area contributed by atoms with Crippen molar-refractivity contribution in [2.75, 3.05) is 26.2 Å². The molecule has 2 heterocycles. The highest BCUT2D eigenvalue weighted by Crippen LogP contribution is 2.25. The summed E-state index contributed by atoms with van der Waals surface area (Å²) < 4.78 is 5.70. The van der Waals surface area contributed by atoms with E-state index in [4.69, 9.17) is 4.74 Å². The highest BCUT2D eigenvalue weighted by Gasteiger charge is 2.46. The van der Waals surface area contributed by atoms with E-state index in [0.29, 0.717) is 0 Å². The van der Waals surface area contributed by atoms with Gasteiger partial charge in [0.2, 0.25) is 0 Å². The van der Waals surface area contributed by atoms with Crippen LogP contribution in [0.15, 0.2) is 0 Å². The van der Waals surface area contributed by atoms with Crippen LogP contribution in [0.25, 0.3) is 0 Å². The summed E-state index contributed by atoms with van der Waals surface area (Å²) in [5.74, 6) is 0.125. The SMILES string of the molecule is CCN1CC2(CNC2)O[C@H](C)C1=O. The van der Waals surface area contributed by atoms with Gasteiger partial charge in [-0.3, -0.25) is 4.79 Å². The van der Waals surface area contributed by atoms with Gasteiger partial charge in [-0.2, -0.15) is 0 Å². The first-order valence-electron chi connectivity index (χ1n) is 4.84. The van der Waals surface area contributed by atoms with Crippen LogP contribution in [0.3, 0.4) is 0 Å². The molecular weight excluding hydrogens is 168 g/mol. The molecule has 1 spiro atoms. The first-order chi connectivity index (χ1) is 6.17. The number of likely N-dealkylation sites (N-methyl/N-ethyl adjacent to an activating group) is 1. The van der Waals surface area contributed by atoms with E-state index < -0.39 is 0 Å². The fraction of sp³-hybridized carbons (Fsp3) is 0.889. The summed E-state index contributed by atoms with van der Waals surface area (Å²) in [5, 5.41) is 3.19. The smallest absolute Gasteiger partial charge is 0.251 e. The van der Waals surface area contributed by atoms with Gasteiger partial charge in [0.25, 0.3) is 5.91 Å². The zero-order chi connectivity index (χ0) is 9.47. The quantitative estimate of drug-likeness (QED) is 0.602. The average Bonchev–Trinajstić information content (AvgIpc) is 2.07. The maximum Gasteiger partial charge on any atom is 0.251 e. The molecule has 1 atom stereocenters. The molecule has 0 unspecified atom stereocenters. The monoisotopic (exact) mass is 184 g/mol. The molecule has 4 heteroatoms. The Morgan fingerprint density at radius 1 is 1.69 bits per heavy atom. The Bertz CT molecular complexity index is 226. The van der Waals surface area contributed by atoms with Crippen LogP contribution in [0.2, 0.25) is 0 Å². The van der Waals surface area contributed by atoms with Crippen molar-refractivity contribution in [2.24, 2.45) is 0 Å². The lowest BCUT2D eigenvalue weighted by Gasteiger charge is -2.50. The number of nitrogens with one attached hydrogen (secondary N) is 1. The van der Waals surface area contributed by atoms with E-state index in [0.717, 1.165) is 26.2 Å². The van der Waals surface area contributed by atoms with Crippen molar-refractivity contribution < 1.29 is 9.53 Å². The van der Waals surface area contributed by atoms with E-state index in [1.807, 2.05) is 18.7 Å². The topological polar surface area (TPSA) is 41.6 Å². The lowest BCUT2D eigenvalue weighted by atomic mass is 9.93. The van der Waals surface area contributed by atoms with E-state index in [-0.39, 0.29) is 17.6 Å². The van der Waals surface area contributed by atoms with Crippen molar-refractivity contribution >= 4 is 5.91 Å². The summed E-state index contributed by atoms with van der Waals surface area (Å²) in [4.78, 5) is 13.4. The van der Waals surface area contributed by atoms with Crippen LogP contribution in [0.1, 0.15) is 13.8 Å². The van der Waals surface area contributed by atoms with Gasteiger partial charge in [0.15, 0.2) is 0 Å². The third-order valence-corrected chi connectivity index (χ3v) is 2.84. The Morgan fingerprint density at radius 3 is 2.85 bits per heavy atom. The Balaban J connectivity index is 2.09. The lowest BCUT2D eigenvalue weighted by Crippen LogP contribution is -2.71. The number of ether oxygens (including phenoxy) is 1. The number of nitrogens with zero attached hydrogens (tertiary/aromatic N) is 1. The number of hydrogen-bond acceptors (Lipinski definition) is 3. The zero-order valence-corrected chi connectivity index (χ0v) is 8.17. The van der Waals surface area contributed by atoms with E-state index in [1.165, 1.54) is 0 Å². The molecule has 2 fully saturated rings. The van der Waals surface area contributed by atoms with Crippen molar-refractivity contribution in [2.45, 2.75) is 25.6 Å². The maximum atomic E-state index is 11.6. The molecule has 2 saturated heterocycles. The Kier molecular flexibility index (Phi) is 2.04. The van der Waals surface area contributed by atoms with Crippen LogP contribution >= 0.6 is 0 Å². The number of hydrogen-bond donors (Lipinski definition) is 1. The first-order valence-corrected chi connectivity index (χ1v) is 4.84. The standard InChI is InChI=1S/C9H16N2O2/c1-3-11-6-9(4-10-5-9)13-7(2)8(11)12/h7,10H,3-6H2,1-2H3/t7-/m1/s1. The molecule has 13 heavy (non-hydrogen) atoms. The molecule has 0 bridgehead atoms. The van der Waals surface area contributed by atoms with E-state index in [9.17, 15) is 4.79 Å². The van der Waals surface area contributed by atoms with E-state index in [2.05, 4.69) is 5.32 Å². The molecule has 2 aliphatic rings. The Morgan fingerprint density at radius 2 is 2.38 bits per heavy atom. The molecule has 0 aromatic rings. The van der Waals surface area contributed by atoms with E-state index >= 15 is 0 Å². The molecule has 4 nitrogen and oxygen atoms in total. The molecule has 74 valence electrons. The van der Waals surface area contributed by atoms with Crippen LogP contribution in [-0.4, -0.2) is 48.7 Å². The second-order valence-electron chi connectivity index (χ2n) is 3.90. The summed E-state index contributed by atoms with van der Waals surface area (Å²) in [6.07, 6.45) is -0.268. The van der Waals surface area contributed by atoms with Gasteiger partial charge in [-0.1, -0.05) is 0 Å². The largest absolute Gasteiger partial charge is 0.358 e. The summed E-state index contributed by atoms with van der Waals surface area (Å²) in [6, 6.07) is 0. The van der Waals surface area contributed by atoms with Gasteiger partial charge in [-0.15, -0.1) is 0 Å². The zero-order valence-electron chi connectivity index (χ0n) is 8.17. The summed E-state index contributed by atoms with van der Waals surface area (Å²) in [7, 11) is 0. The molecule has 0 aromatic carbocycles. The minimum Gasteiger partial charge on any atom is -0.358 e. The van der Waals surface area contributed by atoms with Gasteiger partial charge < -0.3 is 15.0 Å². The molecular formula is C9H16N2O2. The number of carbonyl (C=O) groups is 1. The van der Waals surface area contributed by atoms with E-state index in [1.54, 1.807) is 0 Å². The first kappa shape index (κ1) is 8.97. The van der Waals surface area contributed by atoms with Gasteiger partial charge in [0.05, 0.1) is 6.54 Å². The van der Waals surface area contributed by atoms with Crippen LogP contribution in [0, 0.1) is 0 Å². The van der Waals surface area contributed by atoms with Crippen LogP contribution in [-0.2, 0) is 9.53 Å². The third-order valence-electron chi connectivity index (χ3n) is 2.84. The van der Waals surface area contributed by atoms with Crippen molar-refractivity contribution in [3.63, 3.8) is 0 Å². The predicted octanol–water partition coefficient (Wildman–Crippen LogP) is -0.404. The molecule has 1 N–H and O–H groups in total. The highest BCUT2D eigenvalue weighted by atomic mass is 16.5. The fourth-order valence-electron chi connectivity index (χ4n) is 2.01. The molecule has 0 saturated carbocycles. The molecule has 2 rings (SSSR count). The summed E-state index contributed by atoms with van der Waals surface area (Å²) in [5.41, 5.74) is -0.0800. The molecule has 0 aromatic heterocycles. The fourth-order valence-corrected chi connectivity index (χ4v) is 2.01. The molecule has 0 radical (unpaired) electrons. The van der Waals surface area contributed by atoms with Gasteiger partial charge in [-0.25, -0.2) is 0 Å². The number of morpholine rings is 1. The Labute approximate surface area is 78.2 Å². The van der Waals surface area contributed by atoms with Crippen molar-refractivity contribution in [3.05, 3.63) is 0 Å². The molecule has 1 amide bonds. The normalized spacial score (nSPS) is 32.0. The lowest BCUT2D eigenvalue weighted by molar-refractivity contribution is -0.189. The van der Waals surface area contributed by atoms with Gasteiger partial charge in [0.1, 0.15) is 11.7 Å². The minimum atomic E-state index is -0.268. The Hall–Kier alpha value is -0.610. The predicted molar refractivity (Wildman–Crippen MR) is 48.4 cm³/mol. The highest BCUT2D eigenvalue weighted by molar-refractivity contribution is 5.81. The number of amides is 1. The van der Waals surface area contributed by atoms with Gasteiger partial charge >= 0.3 is 0 Å². The van der Waals surface area contributed by atoms with Crippen LogP contribution in [0.4, 0.5) is 0 Å². The number of rotatable bonds is 1. The van der Waals surface area contributed by atoms with Crippen LogP contribution in [0.5, 0.6) is 0 Å². The molecule has 2 aliphatic heterocycles. The van der Waals surface area contributed by atoms with Crippen LogP contribution < -0.4 is 5.32 Å². The second kappa shape index (κ2) is 2.96. The minimum absolute atomic E-state index is 0.0800. The average molecular weight is 184 g/mol. The van der Waals surface area contributed by atoms with Gasteiger partial charge in [0, 0.05) is 19.6 Å². The van der Waals surface area contributed by atoms with Gasteiger partial charge in [-0.05, 0) is 13.8 Å². The summed E-state index contributed by atoms with van der Waals surface area (Å²) in [6.45, 7) is 7.14. The summed E-state index contributed by atoms with van der Waals surface area (Å²) >= 11 is 0. The maximum absolute atomic E-state index is 11.6. The third kappa shape index (κ3) is 1.34. The molecule has 0 aliphatic carbocycles. The second-order valence-corrected chi connectivity index (χ2v) is 3.90. The van der Waals surface area contributed by atoms with Crippen molar-refractivity contribution in [1.82, 2.24) is 10.2 Å².